The quantitative estimate of drug-likeness (QED) is 0.615. The molecule has 28 heavy (non-hydrogen) atoms. The van der Waals surface area contributed by atoms with E-state index in [1.165, 1.54) is 18.4 Å². The van der Waals surface area contributed by atoms with Crippen molar-refractivity contribution in [2.45, 2.75) is 0 Å². The third kappa shape index (κ3) is 3.92. The third-order valence-electron chi connectivity index (χ3n) is 4.05. The maximum Gasteiger partial charge on any atom is 0.161 e. The van der Waals surface area contributed by atoms with Crippen LogP contribution in [0, 0.1) is 11.3 Å². The molecular formula is C21H18N2O4S. The van der Waals surface area contributed by atoms with E-state index in [0.717, 1.165) is 11.3 Å². The van der Waals surface area contributed by atoms with Gasteiger partial charge in [0.05, 0.1) is 32.6 Å². The van der Waals surface area contributed by atoms with E-state index >= 15 is 0 Å². The van der Waals surface area contributed by atoms with E-state index in [0.29, 0.717) is 33.4 Å². The van der Waals surface area contributed by atoms with Gasteiger partial charge in [-0.25, -0.2) is 4.98 Å². The molecule has 0 bridgehead atoms. The lowest BCUT2D eigenvalue weighted by Gasteiger charge is -2.08. The average molecular weight is 394 g/mol. The molecule has 0 aliphatic rings. The molecule has 2 aromatic carbocycles. The van der Waals surface area contributed by atoms with Gasteiger partial charge < -0.3 is 19.3 Å². The lowest BCUT2D eigenvalue weighted by Crippen LogP contribution is -1.91. The topological polar surface area (TPSA) is 84.6 Å². The zero-order chi connectivity index (χ0) is 20.1. The molecule has 1 heterocycles. The highest BCUT2D eigenvalue weighted by atomic mass is 32.1. The van der Waals surface area contributed by atoms with Crippen LogP contribution in [0.5, 0.6) is 23.0 Å². The molecule has 0 spiro atoms. The molecule has 0 aliphatic carbocycles. The summed E-state index contributed by atoms with van der Waals surface area (Å²) in [4.78, 5) is 4.58. The summed E-state index contributed by atoms with van der Waals surface area (Å²) in [5, 5.41) is 22.0. The predicted octanol–water partition coefficient (Wildman–Crippen LogP) is 4.61. The fourth-order valence-electron chi connectivity index (χ4n) is 2.63. The van der Waals surface area contributed by atoms with Gasteiger partial charge in [-0.2, -0.15) is 5.26 Å². The Labute approximate surface area is 166 Å². The molecular weight excluding hydrogens is 376 g/mol. The fraction of sp³-hybridized carbons (Fsp3) is 0.143. The molecule has 0 atom stereocenters. The molecule has 0 saturated carbocycles. The number of methoxy groups -OCH3 is 3. The van der Waals surface area contributed by atoms with E-state index in [2.05, 4.69) is 11.1 Å². The highest BCUT2D eigenvalue weighted by Crippen LogP contribution is 2.34. The largest absolute Gasteiger partial charge is 0.504 e. The van der Waals surface area contributed by atoms with Crippen molar-refractivity contribution in [2.24, 2.45) is 0 Å². The van der Waals surface area contributed by atoms with Gasteiger partial charge in [-0.05, 0) is 42.0 Å². The van der Waals surface area contributed by atoms with E-state index in [4.69, 9.17) is 14.2 Å². The molecule has 142 valence electrons. The standard InChI is InChI=1S/C21H18N2O4S/c1-25-18-6-4-13(9-17(18)24)8-15(11-22)21-23-16(12-28-21)14-5-7-19(26-2)20(10-14)27-3/h4-10,12,24H,1-3H3/b15-8+. The minimum Gasteiger partial charge on any atom is -0.504 e. The summed E-state index contributed by atoms with van der Waals surface area (Å²) in [7, 11) is 4.64. The van der Waals surface area contributed by atoms with E-state index in [9.17, 15) is 10.4 Å². The van der Waals surface area contributed by atoms with Crippen LogP contribution in [0.2, 0.25) is 0 Å². The number of aromatic hydroxyl groups is 1. The third-order valence-corrected chi connectivity index (χ3v) is 4.92. The lowest BCUT2D eigenvalue weighted by atomic mass is 10.1. The monoisotopic (exact) mass is 394 g/mol. The number of hydrogen-bond acceptors (Lipinski definition) is 7. The van der Waals surface area contributed by atoms with Gasteiger partial charge in [-0.15, -0.1) is 11.3 Å². The van der Waals surface area contributed by atoms with Gasteiger partial charge in [0.2, 0.25) is 0 Å². The Kier molecular flexibility index (Phi) is 5.82. The van der Waals surface area contributed by atoms with Crippen molar-refractivity contribution in [2.75, 3.05) is 21.3 Å². The van der Waals surface area contributed by atoms with Crippen molar-refractivity contribution in [3.63, 3.8) is 0 Å². The predicted molar refractivity (Wildman–Crippen MR) is 109 cm³/mol. The molecule has 6 nitrogen and oxygen atoms in total. The maximum absolute atomic E-state index is 9.92. The second-order valence-electron chi connectivity index (χ2n) is 5.71. The minimum atomic E-state index is 0.0127. The number of nitrogens with zero attached hydrogens (tertiary/aromatic N) is 2. The van der Waals surface area contributed by atoms with Crippen LogP contribution >= 0.6 is 11.3 Å². The van der Waals surface area contributed by atoms with E-state index in [1.807, 2.05) is 23.6 Å². The van der Waals surface area contributed by atoms with Crippen molar-refractivity contribution < 1.29 is 19.3 Å². The number of nitriles is 1. The number of ether oxygens (including phenoxy) is 3. The number of allylic oxidation sites excluding steroid dienone is 1. The summed E-state index contributed by atoms with van der Waals surface area (Å²) < 4.78 is 15.6. The van der Waals surface area contributed by atoms with Gasteiger partial charge in [0.1, 0.15) is 11.1 Å². The van der Waals surface area contributed by atoms with Crippen LogP contribution in [0.15, 0.2) is 41.8 Å². The van der Waals surface area contributed by atoms with Crippen molar-refractivity contribution in [3.8, 4) is 40.3 Å². The van der Waals surface area contributed by atoms with Crippen LogP contribution < -0.4 is 14.2 Å². The summed E-state index contributed by atoms with van der Waals surface area (Å²) in [5.41, 5.74) is 2.68. The SMILES string of the molecule is COc1ccc(/C=C(\C#N)c2nc(-c3ccc(OC)c(OC)c3)cs2)cc1O. The lowest BCUT2D eigenvalue weighted by molar-refractivity contribution is 0.355. The molecule has 3 aromatic rings. The Morgan fingerprint density at radius 2 is 1.75 bits per heavy atom. The van der Waals surface area contributed by atoms with Crippen LogP contribution in [0.25, 0.3) is 22.9 Å². The second kappa shape index (κ2) is 8.46. The molecule has 1 aromatic heterocycles. The number of benzene rings is 2. The molecule has 0 saturated heterocycles. The summed E-state index contributed by atoms with van der Waals surface area (Å²) in [5.74, 6) is 1.64. The average Bonchev–Trinajstić information content (AvgIpc) is 3.21. The van der Waals surface area contributed by atoms with Crippen molar-refractivity contribution >= 4 is 23.0 Å². The minimum absolute atomic E-state index is 0.0127. The van der Waals surface area contributed by atoms with Gasteiger partial charge in [0.15, 0.2) is 23.0 Å². The van der Waals surface area contributed by atoms with Crippen molar-refractivity contribution in [3.05, 3.63) is 52.3 Å². The van der Waals surface area contributed by atoms with Crippen LogP contribution in [0.3, 0.4) is 0 Å². The number of phenolic OH excluding ortho intramolecular Hbond substituents is 1. The Hall–Kier alpha value is -3.50. The molecule has 0 aliphatic heterocycles. The van der Waals surface area contributed by atoms with Gasteiger partial charge in [-0.1, -0.05) is 6.07 Å². The molecule has 0 radical (unpaired) electrons. The molecule has 0 unspecified atom stereocenters. The first kappa shape index (κ1) is 19.3. The fourth-order valence-corrected chi connectivity index (χ4v) is 3.43. The zero-order valence-corrected chi connectivity index (χ0v) is 16.4. The first-order valence-electron chi connectivity index (χ1n) is 8.26. The number of rotatable bonds is 6. The summed E-state index contributed by atoms with van der Waals surface area (Å²) in [6.07, 6.45) is 1.68. The van der Waals surface area contributed by atoms with Crippen LogP contribution in [0.1, 0.15) is 10.6 Å². The Balaban J connectivity index is 1.93. The summed E-state index contributed by atoms with van der Waals surface area (Å²) in [6.45, 7) is 0. The molecule has 7 heteroatoms. The molecule has 1 N–H and O–H groups in total. The van der Waals surface area contributed by atoms with E-state index < -0.39 is 0 Å². The normalized spacial score (nSPS) is 11.0. The van der Waals surface area contributed by atoms with Gasteiger partial charge in [0.25, 0.3) is 0 Å². The molecule has 3 rings (SSSR count). The van der Waals surface area contributed by atoms with Crippen LogP contribution in [0.4, 0.5) is 0 Å². The maximum atomic E-state index is 9.92. The summed E-state index contributed by atoms with van der Waals surface area (Å²) >= 11 is 1.37. The van der Waals surface area contributed by atoms with E-state index in [1.54, 1.807) is 38.5 Å². The Bertz CT molecular complexity index is 1070. The van der Waals surface area contributed by atoms with Gasteiger partial charge in [0, 0.05) is 10.9 Å². The number of phenols is 1. The Morgan fingerprint density at radius 1 is 1.04 bits per heavy atom. The van der Waals surface area contributed by atoms with Crippen molar-refractivity contribution in [1.82, 2.24) is 4.98 Å². The second-order valence-corrected chi connectivity index (χ2v) is 6.57. The van der Waals surface area contributed by atoms with Gasteiger partial charge in [-0.3, -0.25) is 0 Å². The summed E-state index contributed by atoms with van der Waals surface area (Å²) in [6, 6.07) is 12.7. The van der Waals surface area contributed by atoms with Crippen LogP contribution in [-0.4, -0.2) is 31.4 Å². The van der Waals surface area contributed by atoms with E-state index in [-0.39, 0.29) is 5.75 Å². The highest BCUT2D eigenvalue weighted by Gasteiger charge is 2.12. The molecule has 0 fully saturated rings. The smallest absolute Gasteiger partial charge is 0.161 e. The number of thiazole rings is 1. The van der Waals surface area contributed by atoms with Gasteiger partial charge >= 0.3 is 0 Å². The van der Waals surface area contributed by atoms with Crippen molar-refractivity contribution in [1.29, 1.82) is 5.26 Å². The number of hydrogen-bond donors (Lipinski definition) is 1. The van der Waals surface area contributed by atoms with Crippen LogP contribution in [-0.2, 0) is 0 Å². The first-order chi connectivity index (χ1) is 13.6. The first-order valence-corrected chi connectivity index (χ1v) is 9.14. The zero-order valence-electron chi connectivity index (χ0n) is 15.6. The Morgan fingerprint density at radius 3 is 2.39 bits per heavy atom. The molecule has 0 amide bonds. The number of aromatic nitrogens is 1. The highest BCUT2D eigenvalue weighted by molar-refractivity contribution is 7.11.